The summed E-state index contributed by atoms with van der Waals surface area (Å²) < 4.78 is 38.7. The highest BCUT2D eigenvalue weighted by molar-refractivity contribution is 9.10. The van der Waals surface area contributed by atoms with Crippen LogP contribution >= 0.6 is 15.9 Å². The molecule has 1 atom stereocenters. The maximum absolute atomic E-state index is 12.6. The predicted molar refractivity (Wildman–Crippen MR) is 68.8 cm³/mol. The summed E-state index contributed by atoms with van der Waals surface area (Å²) in [5.74, 6) is -2.87. The van der Waals surface area contributed by atoms with Crippen LogP contribution in [-0.2, 0) is 6.54 Å². The van der Waals surface area contributed by atoms with Crippen LogP contribution in [0.2, 0.25) is 0 Å². The fourth-order valence-corrected chi connectivity index (χ4v) is 1.88. The van der Waals surface area contributed by atoms with Gasteiger partial charge in [-0.1, -0.05) is 39.3 Å². The smallest absolute Gasteiger partial charge is 0.400 e. The maximum atomic E-state index is 12.6. The average molecular weight is 340 g/mol. The van der Waals surface area contributed by atoms with E-state index in [2.05, 4.69) is 26.4 Å². The third-order valence-corrected chi connectivity index (χ3v) is 3.26. The first-order chi connectivity index (χ1) is 8.86. The molecule has 106 valence electrons. The maximum Gasteiger partial charge on any atom is 0.400 e. The molecule has 0 aromatic heterocycles. The molecule has 0 aliphatic rings. The van der Waals surface area contributed by atoms with Gasteiger partial charge >= 0.3 is 6.18 Å². The van der Waals surface area contributed by atoms with E-state index in [4.69, 9.17) is 10.9 Å². The van der Waals surface area contributed by atoms with Crippen LogP contribution in [0.5, 0.6) is 0 Å². The van der Waals surface area contributed by atoms with Gasteiger partial charge in [0.2, 0.25) is 0 Å². The first kappa shape index (κ1) is 15.8. The second kappa shape index (κ2) is 6.76. The Morgan fingerprint density at radius 1 is 1.42 bits per heavy atom. The van der Waals surface area contributed by atoms with Gasteiger partial charge in [-0.2, -0.15) is 13.2 Å². The summed E-state index contributed by atoms with van der Waals surface area (Å²) >= 11 is 3.29. The Morgan fingerprint density at radius 2 is 2.05 bits per heavy atom. The Morgan fingerprint density at radius 3 is 2.58 bits per heavy atom. The van der Waals surface area contributed by atoms with Crippen molar-refractivity contribution in [2.75, 3.05) is 6.54 Å². The van der Waals surface area contributed by atoms with Crippen molar-refractivity contribution in [3.63, 3.8) is 0 Å². The summed E-state index contributed by atoms with van der Waals surface area (Å²) in [6, 6.07) is 7.17. The van der Waals surface area contributed by atoms with E-state index in [0.717, 1.165) is 10.0 Å². The van der Waals surface area contributed by atoms with Crippen molar-refractivity contribution in [2.45, 2.75) is 12.7 Å². The van der Waals surface area contributed by atoms with Crippen molar-refractivity contribution in [1.82, 2.24) is 5.32 Å². The van der Waals surface area contributed by atoms with Crippen LogP contribution in [0, 0.1) is 5.92 Å². The lowest BCUT2D eigenvalue weighted by Gasteiger charge is -2.19. The third-order valence-electron chi connectivity index (χ3n) is 2.49. The Hall–Kier alpha value is -1.28. The lowest BCUT2D eigenvalue weighted by Crippen LogP contribution is -2.42. The molecule has 0 radical (unpaired) electrons. The van der Waals surface area contributed by atoms with Gasteiger partial charge in [0.05, 0.1) is 0 Å². The molecule has 0 amide bonds. The standard InChI is InChI=1S/C11H13BrF3N3O/c12-9-4-2-1-3-7(9)5-17-6-8(10(16)18-19)11(13,14)15/h1-4,8,17,19H,5-6H2,(H2,16,18). The third kappa shape index (κ3) is 4.71. The molecule has 1 aromatic carbocycles. The molecule has 1 unspecified atom stereocenters. The highest BCUT2D eigenvalue weighted by atomic mass is 79.9. The van der Waals surface area contributed by atoms with E-state index in [1.807, 2.05) is 6.07 Å². The van der Waals surface area contributed by atoms with Crippen molar-refractivity contribution >= 4 is 21.8 Å². The number of halogens is 4. The van der Waals surface area contributed by atoms with E-state index in [1.165, 1.54) is 0 Å². The average Bonchev–Trinajstić information content (AvgIpc) is 2.34. The van der Waals surface area contributed by atoms with Crippen molar-refractivity contribution in [2.24, 2.45) is 16.8 Å². The number of nitrogens with two attached hydrogens (primary N) is 1. The summed E-state index contributed by atoms with van der Waals surface area (Å²) in [6.07, 6.45) is -4.56. The van der Waals surface area contributed by atoms with Crippen LogP contribution in [0.4, 0.5) is 13.2 Å². The fourth-order valence-electron chi connectivity index (χ4n) is 1.45. The SMILES string of the molecule is N/C(=N/O)C(CNCc1ccccc1Br)C(F)(F)F. The lowest BCUT2D eigenvalue weighted by atomic mass is 10.1. The number of rotatable bonds is 5. The zero-order valence-electron chi connectivity index (χ0n) is 9.78. The van der Waals surface area contributed by atoms with Gasteiger partial charge in [-0.05, 0) is 11.6 Å². The second-order valence-electron chi connectivity index (χ2n) is 3.84. The first-order valence-corrected chi connectivity index (χ1v) is 6.13. The van der Waals surface area contributed by atoms with Gasteiger partial charge < -0.3 is 16.3 Å². The number of benzene rings is 1. The largest absolute Gasteiger partial charge is 0.409 e. The highest BCUT2D eigenvalue weighted by Gasteiger charge is 2.42. The molecule has 4 N–H and O–H groups in total. The zero-order chi connectivity index (χ0) is 14.5. The molecule has 0 heterocycles. The van der Waals surface area contributed by atoms with Crippen LogP contribution < -0.4 is 11.1 Å². The molecule has 1 aromatic rings. The number of nitrogens with one attached hydrogen (secondary N) is 1. The Labute approximate surface area is 116 Å². The zero-order valence-corrected chi connectivity index (χ0v) is 11.4. The van der Waals surface area contributed by atoms with Crippen molar-refractivity contribution in [1.29, 1.82) is 0 Å². The van der Waals surface area contributed by atoms with E-state index < -0.39 is 24.5 Å². The minimum atomic E-state index is -4.56. The van der Waals surface area contributed by atoms with Gasteiger partial charge in [0.1, 0.15) is 5.92 Å². The minimum Gasteiger partial charge on any atom is -0.409 e. The molecule has 0 aliphatic carbocycles. The number of hydrogen-bond acceptors (Lipinski definition) is 3. The molecule has 0 fully saturated rings. The van der Waals surface area contributed by atoms with Gasteiger partial charge in [0, 0.05) is 17.6 Å². The molecule has 19 heavy (non-hydrogen) atoms. The van der Waals surface area contributed by atoms with Crippen LogP contribution in [0.25, 0.3) is 0 Å². The van der Waals surface area contributed by atoms with E-state index >= 15 is 0 Å². The Bertz CT molecular complexity index is 451. The van der Waals surface area contributed by atoms with E-state index in [9.17, 15) is 13.2 Å². The predicted octanol–water partition coefficient (Wildman–Crippen LogP) is 2.46. The van der Waals surface area contributed by atoms with Crippen LogP contribution in [0.3, 0.4) is 0 Å². The minimum absolute atomic E-state index is 0.243. The highest BCUT2D eigenvalue weighted by Crippen LogP contribution is 2.26. The van der Waals surface area contributed by atoms with Crippen molar-refractivity contribution in [3.8, 4) is 0 Å². The fraction of sp³-hybridized carbons (Fsp3) is 0.364. The van der Waals surface area contributed by atoms with Gasteiger partial charge in [0.15, 0.2) is 5.84 Å². The van der Waals surface area contributed by atoms with Gasteiger partial charge in [-0.15, -0.1) is 0 Å². The topological polar surface area (TPSA) is 70.6 Å². The van der Waals surface area contributed by atoms with Gasteiger partial charge in [-0.25, -0.2) is 0 Å². The summed E-state index contributed by atoms with van der Waals surface area (Å²) in [6.45, 7) is -0.215. The Kier molecular flexibility index (Phi) is 5.61. The van der Waals surface area contributed by atoms with E-state index in [0.29, 0.717) is 0 Å². The molecule has 0 bridgehead atoms. The number of amidine groups is 1. The summed E-state index contributed by atoms with van der Waals surface area (Å²) in [5.41, 5.74) is 5.87. The molecule has 0 spiro atoms. The summed E-state index contributed by atoms with van der Waals surface area (Å²) in [4.78, 5) is 0. The molecule has 0 saturated heterocycles. The van der Waals surface area contributed by atoms with Crippen molar-refractivity contribution < 1.29 is 18.4 Å². The molecule has 4 nitrogen and oxygen atoms in total. The monoisotopic (exact) mass is 339 g/mol. The molecule has 1 rings (SSSR count). The molecule has 0 aliphatic heterocycles. The summed E-state index contributed by atoms with van der Waals surface area (Å²) in [7, 11) is 0. The quantitative estimate of drug-likeness (QED) is 0.334. The van der Waals surface area contributed by atoms with Gasteiger partial charge in [0.25, 0.3) is 0 Å². The van der Waals surface area contributed by atoms with Crippen molar-refractivity contribution in [3.05, 3.63) is 34.3 Å². The normalized spacial score (nSPS) is 14.4. The summed E-state index contributed by atoms with van der Waals surface area (Å²) in [5, 5.41) is 13.4. The van der Waals surface area contributed by atoms with E-state index in [1.54, 1.807) is 18.2 Å². The Balaban J connectivity index is 2.61. The number of alkyl halides is 3. The first-order valence-electron chi connectivity index (χ1n) is 5.34. The lowest BCUT2D eigenvalue weighted by molar-refractivity contribution is -0.154. The van der Waals surface area contributed by atoms with E-state index in [-0.39, 0.29) is 6.54 Å². The molecule has 0 saturated carbocycles. The molecular formula is C11H13BrF3N3O. The number of oxime groups is 1. The molecular weight excluding hydrogens is 327 g/mol. The molecule has 8 heteroatoms. The van der Waals surface area contributed by atoms with Crippen LogP contribution in [-0.4, -0.2) is 23.8 Å². The second-order valence-corrected chi connectivity index (χ2v) is 4.70. The number of hydrogen-bond donors (Lipinski definition) is 3. The van der Waals surface area contributed by atoms with Gasteiger partial charge in [-0.3, -0.25) is 0 Å². The van der Waals surface area contributed by atoms with Crippen LogP contribution in [0.1, 0.15) is 5.56 Å². The number of nitrogens with zero attached hydrogens (tertiary/aromatic N) is 1. The van der Waals surface area contributed by atoms with Crippen LogP contribution in [0.15, 0.2) is 33.9 Å².